The highest BCUT2D eigenvalue weighted by molar-refractivity contribution is 5.14. The first kappa shape index (κ1) is 15.0. The van der Waals surface area contributed by atoms with Crippen molar-refractivity contribution in [1.82, 2.24) is 10.2 Å². The predicted molar refractivity (Wildman–Crippen MR) is 86.1 cm³/mol. The molecule has 2 fully saturated rings. The molecule has 3 nitrogen and oxygen atoms in total. The summed E-state index contributed by atoms with van der Waals surface area (Å²) in [4.78, 5) is 2.56. The van der Waals surface area contributed by atoms with Crippen LogP contribution in [0.3, 0.4) is 0 Å². The van der Waals surface area contributed by atoms with Gasteiger partial charge in [0.25, 0.3) is 0 Å². The second-order valence-electron chi connectivity index (χ2n) is 6.72. The Bertz CT molecular complexity index is 414. The third kappa shape index (κ3) is 4.53. The zero-order chi connectivity index (χ0) is 14.5. The monoisotopic (exact) mass is 288 g/mol. The summed E-state index contributed by atoms with van der Waals surface area (Å²) in [7, 11) is 0. The van der Waals surface area contributed by atoms with Gasteiger partial charge in [-0.2, -0.15) is 0 Å². The molecule has 0 radical (unpaired) electrons. The third-order valence-corrected chi connectivity index (χ3v) is 4.95. The molecule has 116 valence electrons. The van der Waals surface area contributed by atoms with Gasteiger partial charge in [0, 0.05) is 18.6 Å². The van der Waals surface area contributed by atoms with Crippen molar-refractivity contribution < 1.29 is 5.11 Å². The Morgan fingerprint density at radius 3 is 2.48 bits per heavy atom. The van der Waals surface area contributed by atoms with Crippen molar-refractivity contribution in [2.24, 2.45) is 0 Å². The molecule has 0 bridgehead atoms. The van der Waals surface area contributed by atoms with E-state index in [4.69, 9.17) is 0 Å². The summed E-state index contributed by atoms with van der Waals surface area (Å²) >= 11 is 0. The second-order valence-corrected chi connectivity index (χ2v) is 6.72. The van der Waals surface area contributed by atoms with E-state index in [9.17, 15) is 5.11 Å². The molecular weight excluding hydrogens is 260 g/mol. The summed E-state index contributed by atoms with van der Waals surface area (Å²) < 4.78 is 0. The molecule has 1 saturated carbocycles. The highest BCUT2D eigenvalue weighted by Crippen LogP contribution is 2.21. The van der Waals surface area contributed by atoms with Crippen LogP contribution in [0.15, 0.2) is 30.3 Å². The van der Waals surface area contributed by atoms with Crippen molar-refractivity contribution in [2.45, 2.75) is 63.3 Å². The first-order valence-electron chi connectivity index (χ1n) is 8.50. The number of nitrogens with zero attached hydrogens (tertiary/aromatic N) is 1. The fraction of sp³-hybridized carbons (Fsp3) is 0.667. The summed E-state index contributed by atoms with van der Waals surface area (Å²) in [6, 6.07) is 11.9. The zero-order valence-corrected chi connectivity index (χ0v) is 12.9. The molecule has 1 saturated heterocycles. The Labute approximate surface area is 128 Å². The van der Waals surface area contributed by atoms with E-state index in [0.717, 1.165) is 19.4 Å². The van der Waals surface area contributed by atoms with Gasteiger partial charge in [0.2, 0.25) is 0 Å². The lowest BCUT2D eigenvalue weighted by Gasteiger charge is -2.36. The SMILES string of the molecule is OC1CCCC(NC2CCN(Cc3ccccc3)CC2)C1. The quantitative estimate of drug-likeness (QED) is 0.894. The van der Waals surface area contributed by atoms with Crippen LogP contribution in [0.1, 0.15) is 44.1 Å². The molecule has 0 spiro atoms. The standard InChI is InChI=1S/C18H28N2O/c21-18-8-4-7-17(13-18)19-16-9-11-20(12-10-16)14-15-5-2-1-3-6-15/h1-3,5-6,16-19,21H,4,7-14H2. The number of hydrogen-bond donors (Lipinski definition) is 2. The molecule has 2 atom stereocenters. The molecule has 3 rings (SSSR count). The number of hydrogen-bond acceptors (Lipinski definition) is 3. The molecule has 1 aromatic rings. The summed E-state index contributed by atoms with van der Waals surface area (Å²) in [5, 5.41) is 13.6. The smallest absolute Gasteiger partial charge is 0.0555 e. The topological polar surface area (TPSA) is 35.5 Å². The van der Waals surface area contributed by atoms with Gasteiger partial charge >= 0.3 is 0 Å². The average molecular weight is 288 g/mol. The Morgan fingerprint density at radius 1 is 1.00 bits per heavy atom. The summed E-state index contributed by atoms with van der Waals surface area (Å²) in [5.41, 5.74) is 1.42. The van der Waals surface area contributed by atoms with Crippen molar-refractivity contribution in [1.29, 1.82) is 0 Å². The molecule has 1 aliphatic heterocycles. The van der Waals surface area contributed by atoms with Gasteiger partial charge in [-0.05, 0) is 57.2 Å². The highest BCUT2D eigenvalue weighted by Gasteiger charge is 2.25. The lowest BCUT2D eigenvalue weighted by molar-refractivity contribution is 0.101. The van der Waals surface area contributed by atoms with E-state index < -0.39 is 0 Å². The van der Waals surface area contributed by atoms with E-state index in [0.29, 0.717) is 12.1 Å². The van der Waals surface area contributed by atoms with E-state index in [1.165, 1.54) is 44.3 Å². The number of likely N-dealkylation sites (tertiary alicyclic amines) is 1. The minimum absolute atomic E-state index is 0.0746. The van der Waals surface area contributed by atoms with Crippen LogP contribution in [0.5, 0.6) is 0 Å². The predicted octanol–water partition coefficient (Wildman–Crippen LogP) is 2.54. The van der Waals surface area contributed by atoms with Gasteiger partial charge in [0.05, 0.1) is 6.10 Å². The minimum atomic E-state index is -0.0746. The lowest BCUT2D eigenvalue weighted by Crippen LogP contribution is -2.47. The first-order chi connectivity index (χ1) is 10.3. The molecule has 2 N–H and O–H groups in total. The summed E-state index contributed by atoms with van der Waals surface area (Å²) in [5.74, 6) is 0. The number of benzene rings is 1. The van der Waals surface area contributed by atoms with Gasteiger partial charge in [0.1, 0.15) is 0 Å². The van der Waals surface area contributed by atoms with Crippen LogP contribution in [0.4, 0.5) is 0 Å². The number of rotatable bonds is 4. The molecule has 1 aliphatic carbocycles. The molecular formula is C18H28N2O. The van der Waals surface area contributed by atoms with Crippen molar-refractivity contribution in [2.75, 3.05) is 13.1 Å². The lowest BCUT2D eigenvalue weighted by atomic mass is 9.91. The Kier molecular flexibility index (Phi) is 5.28. The van der Waals surface area contributed by atoms with Gasteiger partial charge in [0.15, 0.2) is 0 Å². The normalized spacial score (nSPS) is 28.6. The van der Waals surface area contributed by atoms with Crippen LogP contribution < -0.4 is 5.32 Å². The minimum Gasteiger partial charge on any atom is -0.393 e. The van der Waals surface area contributed by atoms with Crippen LogP contribution in [0, 0.1) is 0 Å². The van der Waals surface area contributed by atoms with Gasteiger partial charge in [-0.1, -0.05) is 30.3 Å². The number of nitrogens with one attached hydrogen (secondary N) is 1. The fourth-order valence-electron chi connectivity index (χ4n) is 3.75. The molecule has 1 heterocycles. The zero-order valence-electron chi connectivity index (χ0n) is 12.9. The van der Waals surface area contributed by atoms with Gasteiger partial charge < -0.3 is 10.4 Å². The largest absolute Gasteiger partial charge is 0.393 e. The van der Waals surface area contributed by atoms with E-state index in [1.807, 2.05) is 0 Å². The van der Waals surface area contributed by atoms with Crippen LogP contribution in [0.25, 0.3) is 0 Å². The molecule has 2 unspecified atom stereocenters. The molecule has 1 aromatic carbocycles. The fourth-order valence-corrected chi connectivity index (χ4v) is 3.75. The maximum absolute atomic E-state index is 9.77. The average Bonchev–Trinajstić information content (AvgIpc) is 2.50. The van der Waals surface area contributed by atoms with Gasteiger partial charge in [-0.15, -0.1) is 0 Å². The number of aliphatic hydroxyl groups excluding tert-OH is 1. The Balaban J connectivity index is 1.40. The highest BCUT2D eigenvalue weighted by atomic mass is 16.3. The van der Waals surface area contributed by atoms with Crippen molar-refractivity contribution >= 4 is 0 Å². The van der Waals surface area contributed by atoms with Crippen LogP contribution in [0.2, 0.25) is 0 Å². The van der Waals surface area contributed by atoms with E-state index in [2.05, 4.69) is 40.5 Å². The third-order valence-electron chi connectivity index (χ3n) is 4.95. The summed E-state index contributed by atoms with van der Waals surface area (Å²) in [6.07, 6.45) is 6.75. The Morgan fingerprint density at radius 2 is 1.76 bits per heavy atom. The van der Waals surface area contributed by atoms with Crippen molar-refractivity contribution in [3.8, 4) is 0 Å². The van der Waals surface area contributed by atoms with Gasteiger partial charge in [-0.3, -0.25) is 4.90 Å². The van der Waals surface area contributed by atoms with Crippen LogP contribution in [-0.2, 0) is 6.54 Å². The van der Waals surface area contributed by atoms with Crippen LogP contribution >= 0.6 is 0 Å². The van der Waals surface area contributed by atoms with E-state index in [-0.39, 0.29) is 6.10 Å². The molecule has 21 heavy (non-hydrogen) atoms. The second kappa shape index (κ2) is 7.39. The molecule has 0 aromatic heterocycles. The first-order valence-corrected chi connectivity index (χ1v) is 8.50. The van der Waals surface area contributed by atoms with Crippen molar-refractivity contribution in [3.63, 3.8) is 0 Å². The maximum atomic E-state index is 9.77. The van der Waals surface area contributed by atoms with Crippen molar-refractivity contribution in [3.05, 3.63) is 35.9 Å². The summed E-state index contributed by atoms with van der Waals surface area (Å²) in [6.45, 7) is 3.44. The molecule has 3 heteroatoms. The Hall–Kier alpha value is -0.900. The maximum Gasteiger partial charge on any atom is 0.0555 e. The van der Waals surface area contributed by atoms with E-state index >= 15 is 0 Å². The molecule has 0 amide bonds. The number of aliphatic hydroxyl groups is 1. The number of piperidine rings is 1. The van der Waals surface area contributed by atoms with Crippen LogP contribution in [-0.4, -0.2) is 41.3 Å². The molecule has 2 aliphatic rings. The van der Waals surface area contributed by atoms with E-state index in [1.54, 1.807) is 0 Å². The van der Waals surface area contributed by atoms with Gasteiger partial charge in [-0.25, -0.2) is 0 Å².